The van der Waals surface area contributed by atoms with Crippen LogP contribution in [-0.4, -0.2) is 31.6 Å². The molecule has 1 atom stereocenters. The van der Waals surface area contributed by atoms with Crippen LogP contribution in [0.1, 0.15) is 45.1 Å². The largest absolute Gasteiger partial charge is 0.416 e. The maximum Gasteiger partial charge on any atom is 0.416 e. The lowest BCUT2D eigenvalue weighted by Crippen LogP contribution is -2.29. The number of pyridine rings is 1. The van der Waals surface area contributed by atoms with E-state index in [1.807, 2.05) is 0 Å². The number of hydrogen-bond acceptors (Lipinski definition) is 5. The van der Waals surface area contributed by atoms with Crippen molar-refractivity contribution in [3.63, 3.8) is 0 Å². The number of amides is 2. The van der Waals surface area contributed by atoms with Gasteiger partial charge in [0.15, 0.2) is 11.6 Å². The molecule has 0 radical (unpaired) electrons. The predicted octanol–water partition coefficient (Wildman–Crippen LogP) is 5.84. The third kappa shape index (κ3) is 6.63. The van der Waals surface area contributed by atoms with Crippen LogP contribution in [-0.2, 0) is 6.18 Å². The number of halogens is 5. The highest BCUT2D eigenvalue weighted by Crippen LogP contribution is 2.32. The van der Waals surface area contributed by atoms with Gasteiger partial charge in [0.2, 0.25) is 0 Å². The van der Waals surface area contributed by atoms with Crippen molar-refractivity contribution in [1.29, 1.82) is 0 Å². The maximum absolute atomic E-state index is 13.1. The average Bonchev–Trinajstić information content (AvgIpc) is 3.34. The minimum absolute atomic E-state index is 0. The molecular formula is C24H19Cl2F3N6O2S. The third-order valence-corrected chi connectivity index (χ3v) is 5.69. The lowest BCUT2D eigenvalue weighted by atomic mass is 10.1. The molecule has 0 unspecified atom stereocenters. The molecule has 0 aliphatic heterocycles. The monoisotopic (exact) mass is 582 g/mol. The van der Waals surface area contributed by atoms with Crippen LogP contribution in [0.25, 0.3) is 5.82 Å². The molecule has 2 aromatic heterocycles. The maximum atomic E-state index is 13.1. The predicted molar refractivity (Wildman–Crippen MR) is 141 cm³/mol. The van der Waals surface area contributed by atoms with Crippen molar-refractivity contribution in [3.05, 3.63) is 99.7 Å². The van der Waals surface area contributed by atoms with Gasteiger partial charge in [-0.25, -0.2) is 9.97 Å². The summed E-state index contributed by atoms with van der Waals surface area (Å²) in [6.45, 7) is 1.59. The second-order valence-corrected chi connectivity index (χ2v) is 8.63. The van der Waals surface area contributed by atoms with E-state index in [2.05, 4.69) is 25.7 Å². The second-order valence-electron chi connectivity index (χ2n) is 7.79. The van der Waals surface area contributed by atoms with Crippen LogP contribution in [0.3, 0.4) is 0 Å². The summed E-state index contributed by atoms with van der Waals surface area (Å²) in [5.74, 6) is -0.591. The number of carbonyl (C=O) groups is 2. The first-order valence-electron chi connectivity index (χ1n) is 10.6. The lowest BCUT2D eigenvalue weighted by molar-refractivity contribution is -0.137. The molecule has 2 heterocycles. The molecule has 38 heavy (non-hydrogen) atoms. The fourth-order valence-corrected chi connectivity index (χ4v) is 3.84. The molecule has 0 saturated carbocycles. The van der Waals surface area contributed by atoms with Gasteiger partial charge in [-0.3, -0.25) is 9.59 Å². The molecular weight excluding hydrogens is 564 g/mol. The van der Waals surface area contributed by atoms with Crippen LogP contribution in [0.15, 0.2) is 67.1 Å². The molecule has 14 heteroatoms. The van der Waals surface area contributed by atoms with Crippen LogP contribution in [0.5, 0.6) is 0 Å². The molecule has 0 fully saturated rings. The highest BCUT2D eigenvalue weighted by Gasteiger charge is 2.32. The summed E-state index contributed by atoms with van der Waals surface area (Å²) in [7, 11) is 0. The zero-order valence-electron chi connectivity index (χ0n) is 19.4. The van der Waals surface area contributed by atoms with E-state index >= 15 is 0 Å². The topological polar surface area (TPSA) is 102 Å². The number of hydrogen-bond donors (Lipinski definition) is 2. The number of alkyl halides is 3. The molecule has 0 spiro atoms. The van der Waals surface area contributed by atoms with Gasteiger partial charge in [-0.2, -0.15) is 36.4 Å². The van der Waals surface area contributed by atoms with Crippen LogP contribution in [0.2, 0.25) is 10.0 Å². The second kappa shape index (κ2) is 11.8. The average molecular weight is 583 g/mol. The third-order valence-electron chi connectivity index (χ3n) is 5.14. The van der Waals surface area contributed by atoms with E-state index in [-0.39, 0.29) is 29.9 Å². The molecule has 0 aliphatic rings. The Balaban J connectivity index is 0.00000400. The van der Waals surface area contributed by atoms with Gasteiger partial charge in [-0.1, -0.05) is 35.3 Å². The van der Waals surface area contributed by atoms with E-state index < -0.39 is 29.6 Å². The van der Waals surface area contributed by atoms with Gasteiger partial charge in [0.05, 0.1) is 34.1 Å². The summed E-state index contributed by atoms with van der Waals surface area (Å²) in [6.07, 6.45) is -2.01. The minimum Gasteiger partial charge on any atom is -0.342 e. The van der Waals surface area contributed by atoms with Crippen molar-refractivity contribution in [2.75, 3.05) is 5.32 Å². The quantitative estimate of drug-likeness (QED) is 0.297. The molecule has 4 aromatic rings. The standard InChI is InChI=1S/C24H17Cl2F3N6O2.H2S/c1-13(33-22(36)14-8-15(24(27,28)29)10-16(25)9-14)21-31-12-32-35(21)20-7-6-17(11-30-20)34-23(37)18-4-2-3-5-19(18)26;/h2-13H,1H3,(H,33,36)(H,34,37);1H2/t13-;/m0./s1. The summed E-state index contributed by atoms with van der Waals surface area (Å²) < 4.78 is 40.6. The molecule has 0 saturated heterocycles. The van der Waals surface area contributed by atoms with Crippen molar-refractivity contribution in [2.24, 2.45) is 0 Å². The Kier molecular flexibility index (Phi) is 9.02. The zero-order chi connectivity index (χ0) is 26.7. The number of aromatic nitrogens is 4. The van der Waals surface area contributed by atoms with E-state index in [9.17, 15) is 22.8 Å². The molecule has 2 amide bonds. The Morgan fingerprint density at radius 2 is 1.74 bits per heavy atom. The van der Waals surface area contributed by atoms with Gasteiger partial charge in [0.25, 0.3) is 11.8 Å². The van der Waals surface area contributed by atoms with Crippen LogP contribution < -0.4 is 10.6 Å². The fourth-order valence-electron chi connectivity index (χ4n) is 3.38. The number of anilines is 1. The van der Waals surface area contributed by atoms with Gasteiger partial charge < -0.3 is 10.6 Å². The lowest BCUT2D eigenvalue weighted by Gasteiger charge is -2.15. The SMILES string of the molecule is C[C@H](NC(=O)c1cc(Cl)cc(C(F)(F)F)c1)c1ncnn1-c1ccc(NC(=O)c2ccccc2Cl)cn1.S. The molecule has 2 aromatic carbocycles. The van der Waals surface area contributed by atoms with E-state index in [1.165, 1.54) is 17.2 Å². The number of benzene rings is 2. The Hall–Kier alpha value is -3.61. The van der Waals surface area contributed by atoms with E-state index in [4.69, 9.17) is 23.2 Å². The number of nitrogens with one attached hydrogen (secondary N) is 2. The summed E-state index contributed by atoms with van der Waals surface area (Å²) in [6, 6.07) is 11.6. The van der Waals surface area contributed by atoms with Crippen LogP contribution in [0, 0.1) is 0 Å². The smallest absolute Gasteiger partial charge is 0.342 e. The van der Waals surface area contributed by atoms with Crippen LogP contribution >= 0.6 is 36.7 Å². The van der Waals surface area contributed by atoms with Crippen molar-refractivity contribution >= 4 is 54.2 Å². The van der Waals surface area contributed by atoms with E-state index in [0.717, 1.165) is 18.2 Å². The molecule has 0 aliphatic carbocycles. The first-order chi connectivity index (χ1) is 17.5. The molecule has 8 nitrogen and oxygen atoms in total. The zero-order valence-corrected chi connectivity index (χ0v) is 21.9. The Labute approximate surface area is 231 Å². The minimum atomic E-state index is -4.66. The summed E-state index contributed by atoms with van der Waals surface area (Å²) in [4.78, 5) is 33.5. The molecule has 198 valence electrons. The molecule has 2 N–H and O–H groups in total. The van der Waals surface area contributed by atoms with Gasteiger partial charge >= 0.3 is 6.18 Å². The highest BCUT2D eigenvalue weighted by molar-refractivity contribution is 7.59. The molecule has 4 rings (SSSR count). The van der Waals surface area contributed by atoms with Gasteiger partial charge in [0.1, 0.15) is 6.33 Å². The Morgan fingerprint density at radius 3 is 2.39 bits per heavy atom. The fraction of sp³-hybridized carbons (Fsp3) is 0.125. The van der Waals surface area contributed by atoms with Crippen molar-refractivity contribution in [1.82, 2.24) is 25.1 Å². The van der Waals surface area contributed by atoms with Crippen LogP contribution in [0.4, 0.5) is 18.9 Å². The summed E-state index contributed by atoms with van der Waals surface area (Å²) in [5, 5.41) is 9.48. The van der Waals surface area contributed by atoms with Gasteiger partial charge in [-0.15, -0.1) is 0 Å². The van der Waals surface area contributed by atoms with Gasteiger partial charge in [0, 0.05) is 10.6 Å². The van der Waals surface area contributed by atoms with Crippen molar-refractivity contribution < 1.29 is 22.8 Å². The highest BCUT2D eigenvalue weighted by atomic mass is 35.5. The number of rotatable bonds is 6. The van der Waals surface area contributed by atoms with E-state index in [1.54, 1.807) is 43.3 Å². The summed E-state index contributed by atoms with van der Waals surface area (Å²) >= 11 is 11.8. The first kappa shape index (κ1) is 29.0. The Morgan fingerprint density at radius 1 is 1.00 bits per heavy atom. The normalized spacial score (nSPS) is 11.8. The van der Waals surface area contributed by atoms with Crippen molar-refractivity contribution in [3.8, 4) is 5.82 Å². The molecule has 0 bridgehead atoms. The first-order valence-corrected chi connectivity index (χ1v) is 11.4. The number of carbonyl (C=O) groups excluding carboxylic acids is 2. The van der Waals surface area contributed by atoms with Gasteiger partial charge in [-0.05, 0) is 49.4 Å². The van der Waals surface area contributed by atoms with Crippen molar-refractivity contribution in [2.45, 2.75) is 19.1 Å². The Bertz CT molecular complexity index is 1460. The van der Waals surface area contributed by atoms with E-state index in [0.29, 0.717) is 22.1 Å². The number of nitrogens with zero attached hydrogens (tertiary/aromatic N) is 4. The summed E-state index contributed by atoms with van der Waals surface area (Å²) in [5.41, 5.74) is -0.585.